The molecule has 0 unspecified atom stereocenters. The number of nitrogens with one attached hydrogen (secondary N) is 1. The molecule has 4 rings (SSSR count). The molecule has 1 aromatic carbocycles. The molecule has 3 aromatic rings. The third kappa shape index (κ3) is 2.16. The molecule has 0 saturated heterocycles. The second-order valence-corrected chi connectivity index (χ2v) is 6.19. The van der Waals surface area contributed by atoms with Crippen LogP contribution >= 0.6 is 11.6 Å². The standard InChI is InChI=1S/C17H18ClN3/c18-17-16(14-10-19-15-9-5-4-8-13(14)15)21(11-20-17)12-6-2-1-3-7-12/h4-5,8-12,19H,1-3,6-7H2. The number of imidazole rings is 1. The highest BCUT2D eigenvalue weighted by Crippen LogP contribution is 2.38. The van der Waals surface area contributed by atoms with Crippen molar-refractivity contribution in [2.45, 2.75) is 38.1 Å². The van der Waals surface area contributed by atoms with Crippen LogP contribution in [0.15, 0.2) is 36.8 Å². The molecule has 0 aliphatic heterocycles. The number of halogens is 1. The SMILES string of the molecule is Clc1ncn(C2CCCCC2)c1-c1c[nH]c2ccccc12. The summed E-state index contributed by atoms with van der Waals surface area (Å²) in [5.41, 5.74) is 3.35. The third-order valence-corrected chi connectivity index (χ3v) is 4.84. The third-order valence-electron chi connectivity index (χ3n) is 4.56. The Morgan fingerprint density at radius 3 is 2.81 bits per heavy atom. The maximum absolute atomic E-state index is 6.41. The summed E-state index contributed by atoms with van der Waals surface area (Å²) < 4.78 is 2.29. The molecule has 0 amide bonds. The fraction of sp³-hybridized carbons (Fsp3) is 0.353. The van der Waals surface area contributed by atoms with E-state index >= 15 is 0 Å². The van der Waals surface area contributed by atoms with Crippen LogP contribution in [0.5, 0.6) is 0 Å². The number of aromatic amines is 1. The average Bonchev–Trinajstić information content (AvgIpc) is 3.11. The Morgan fingerprint density at radius 1 is 1.14 bits per heavy atom. The molecule has 0 atom stereocenters. The van der Waals surface area contributed by atoms with Gasteiger partial charge in [-0.2, -0.15) is 0 Å². The first-order valence-electron chi connectivity index (χ1n) is 7.63. The Labute approximate surface area is 129 Å². The quantitative estimate of drug-likeness (QED) is 0.694. The van der Waals surface area contributed by atoms with Crippen LogP contribution in [0, 0.1) is 0 Å². The number of H-pyrrole nitrogens is 1. The van der Waals surface area contributed by atoms with Gasteiger partial charge in [0.25, 0.3) is 0 Å². The molecule has 0 spiro atoms. The first-order valence-corrected chi connectivity index (χ1v) is 8.01. The summed E-state index contributed by atoms with van der Waals surface area (Å²) in [6.45, 7) is 0. The summed E-state index contributed by atoms with van der Waals surface area (Å²) in [4.78, 5) is 7.70. The van der Waals surface area contributed by atoms with Crippen LogP contribution in [-0.4, -0.2) is 14.5 Å². The lowest BCUT2D eigenvalue weighted by Gasteiger charge is -2.24. The van der Waals surface area contributed by atoms with Gasteiger partial charge in [0, 0.05) is 28.7 Å². The molecular weight excluding hydrogens is 282 g/mol. The van der Waals surface area contributed by atoms with Crippen LogP contribution in [0.2, 0.25) is 5.15 Å². The molecule has 108 valence electrons. The van der Waals surface area contributed by atoms with Gasteiger partial charge in [0.15, 0.2) is 5.15 Å². The highest BCUT2D eigenvalue weighted by Gasteiger charge is 2.22. The Hall–Kier alpha value is -1.74. The van der Waals surface area contributed by atoms with Gasteiger partial charge >= 0.3 is 0 Å². The van der Waals surface area contributed by atoms with Gasteiger partial charge in [-0.3, -0.25) is 0 Å². The zero-order valence-corrected chi connectivity index (χ0v) is 12.6. The topological polar surface area (TPSA) is 33.6 Å². The fourth-order valence-electron chi connectivity index (χ4n) is 3.49. The highest BCUT2D eigenvalue weighted by atomic mass is 35.5. The number of hydrogen-bond acceptors (Lipinski definition) is 1. The molecule has 21 heavy (non-hydrogen) atoms. The summed E-state index contributed by atoms with van der Waals surface area (Å²) in [5.74, 6) is 0. The molecule has 1 aliphatic carbocycles. The maximum atomic E-state index is 6.41. The summed E-state index contributed by atoms with van der Waals surface area (Å²) in [7, 11) is 0. The second-order valence-electron chi connectivity index (χ2n) is 5.83. The summed E-state index contributed by atoms with van der Waals surface area (Å²) in [6, 6.07) is 8.86. The van der Waals surface area contributed by atoms with E-state index in [9.17, 15) is 0 Å². The van der Waals surface area contributed by atoms with Crippen molar-refractivity contribution in [3.05, 3.63) is 41.9 Å². The van der Waals surface area contributed by atoms with E-state index in [1.807, 2.05) is 18.6 Å². The van der Waals surface area contributed by atoms with Gasteiger partial charge in [0.05, 0.1) is 12.0 Å². The van der Waals surface area contributed by atoms with Crippen molar-refractivity contribution in [1.82, 2.24) is 14.5 Å². The van der Waals surface area contributed by atoms with Crippen LogP contribution in [0.1, 0.15) is 38.1 Å². The maximum Gasteiger partial charge on any atom is 0.155 e. The molecule has 0 bridgehead atoms. The van der Waals surface area contributed by atoms with E-state index in [-0.39, 0.29) is 0 Å². The van der Waals surface area contributed by atoms with E-state index in [4.69, 9.17) is 11.6 Å². The lowest BCUT2D eigenvalue weighted by Crippen LogP contribution is -2.12. The van der Waals surface area contributed by atoms with E-state index in [1.54, 1.807) is 0 Å². The molecule has 1 saturated carbocycles. The van der Waals surface area contributed by atoms with Crippen LogP contribution in [0.4, 0.5) is 0 Å². The summed E-state index contributed by atoms with van der Waals surface area (Å²) in [5, 5.41) is 1.81. The summed E-state index contributed by atoms with van der Waals surface area (Å²) >= 11 is 6.41. The van der Waals surface area contributed by atoms with Crippen molar-refractivity contribution in [3.8, 4) is 11.3 Å². The minimum Gasteiger partial charge on any atom is -0.360 e. The van der Waals surface area contributed by atoms with Crippen molar-refractivity contribution in [3.63, 3.8) is 0 Å². The molecule has 4 heteroatoms. The Balaban J connectivity index is 1.86. The molecule has 1 N–H and O–H groups in total. The normalized spacial score (nSPS) is 16.6. The molecule has 3 nitrogen and oxygen atoms in total. The fourth-order valence-corrected chi connectivity index (χ4v) is 3.74. The zero-order chi connectivity index (χ0) is 14.2. The lowest BCUT2D eigenvalue weighted by atomic mass is 9.95. The minimum absolute atomic E-state index is 0.530. The molecule has 2 heterocycles. The highest BCUT2D eigenvalue weighted by molar-refractivity contribution is 6.32. The van der Waals surface area contributed by atoms with Gasteiger partial charge in [0.2, 0.25) is 0 Å². The van der Waals surface area contributed by atoms with E-state index < -0.39 is 0 Å². The average molecular weight is 300 g/mol. The van der Waals surface area contributed by atoms with Crippen LogP contribution in [-0.2, 0) is 0 Å². The first kappa shape index (κ1) is 13.0. The van der Waals surface area contributed by atoms with Gasteiger partial charge in [-0.25, -0.2) is 4.98 Å². The van der Waals surface area contributed by atoms with E-state index in [0.717, 1.165) is 16.8 Å². The number of para-hydroxylation sites is 1. The molecule has 2 aromatic heterocycles. The van der Waals surface area contributed by atoms with E-state index in [2.05, 4.69) is 32.7 Å². The van der Waals surface area contributed by atoms with E-state index in [0.29, 0.717) is 11.2 Å². The second kappa shape index (κ2) is 5.23. The van der Waals surface area contributed by atoms with Crippen LogP contribution < -0.4 is 0 Å². The number of fused-ring (bicyclic) bond motifs is 1. The number of hydrogen-bond donors (Lipinski definition) is 1. The van der Waals surface area contributed by atoms with Crippen molar-refractivity contribution in [2.75, 3.05) is 0 Å². The monoisotopic (exact) mass is 299 g/mol. The zero-order valence-electron chi connectivity index (χ0n) is 11.8. The predicted molar refractivity (Wildman–Crippen MR) is 86.7 cm³/mol. The number of nitrogens with zero attached hydrogens (tertiary/aromatic N) is 2. The van der Waals surface area contributed by atoms with Gasteiger partial charge < -0.3 is 9.55 Å². The smallest absolute Gasteiger partial charge is 0.155 e. The molecule has 0 radical (unpaired) electrons. The van der Waals surface area contributed by atoms with Crippen molar-refractivity contribution >= 4 is 22.5 Å². The largest absolute Gasteiger partial charge is 0.360 e. The van der Waals surface area contributed by atoms with Crippen LogP contribution in [0.25, 0.3) is 22.2 Å². The minimum atomic E-state index is 0.530. The van der Waals surface area contributed by atoms with E-state index in [1.165, 1.54) is 37.5 Å². The Morgan fingerprint density at radius 2 is 1.95 bits per heavy atom. The van der Waals surface area contributed by atoms with Gasteiger partial charge in [-0.1, -0.05) is 49.1 Å². The van der Waals surface area contributed by atoms with Crippen molar-refractivity contribution in [1.29, 1.82) is 0 Å². The number of benzene rings is 1. The molecule has 1 fully saturated rings. The predicted octanol–water partition coefficient (Wildman–Crippen LogP) is 5.19. The molecule has 1 aliphatic rings. The van der Waals surface area contributed by atoms with Crippen molar-refractivity contribution < 1.29 is 0 Å². The van der Waals surface area contributed by atoms with Gasteiger partial charge in [0.1, 0.15) is 0 Å². The number of aromatic nitrogens is 3. The van der Waals surface area contributed by atoms with Gasteiger partial charge in [-0.05, 0) is 18.9 Å². The number of rotatable bonds is 2. The Bertz CT molecular complexity index is 765. The summed E-state index contributed by atoms with van der Waals surface area (Å²) in [6.07, 6.45) is 10.4. The van der Waals surface area contributed by atoms with Crippen LogP contribution in [0.3, 0.4) is 0 Å². The Kier molecular flexibility index (Phi) is 3.23. The first-order chi connectivity index (χ1) is 10.3. The molecular formula is C17H18ClN3. The van der Waals surface area contributed by atoms with Crippen molar-refractivity contribution in [2.24, 2.45) is 0 Å². The van der Waals surface area contributed by atoms with Gasteiger partial charge in [-0.15, -0.1) is 0 Å². The lowest BCUT2D eigenvalue weighted by molar-refractivity contribution is 0.355.